The Morgan fingerprint density at radius 2 is 1.67 bits per heavy atom. The minimum absolute atomic E-state index is 0.122. The summed E-state index contributed by atoms with van der Waals surface area (Å²) in [5, 5.41) is 3.21. The fraction of sp³-hybridized carbons (Fsp3) is 0.190. The van der Waals surface area contributed by atoms with Gasteiger partial charge in [-0.05, 0) is 31.2 Å². The number of esters is 1. The first-order valence-electron chi connectivity index (χ1n) is 9.02. The summed E-state index contributed by atoms with van der Waals surface area (Å²) < 4.78 is 8.09. The molecule has 0 radical (unpaired) electrons. The van der Waals surface area contributed by atoms with Crippen molar-refractivity contribution < 1.29 is 14.3 Å². The van der Waals surface area contributed by atoms with Crippen molar-refractivity contribution in [3.8, 4) is 5.69 Å². The van der Waals surface area contributed by atoms with Crippen LogP contribution >= 0.6 is 23.2 Å². The van der Waals surface area contributed by atoms with Gasteiger partial charge in [0.25, 0.3) is 11.5 Å². The van der Waals surface area contributed by atoms with E-state index in [1.165, 1.54) is 4.68 Å². The third-order valence-corrected chi connectivity index (χ3v) is 5.27. The largest absolute Gasteiger partial charge is 0.455 e. The molecule has 0 unspecified atom stereocenters. The molecule has 0 saturated heterocycles. The molecule has 1 aromatic heterocycles. The van der Waals surface area contributed by atoms with Crippen molar-refractivity contribution in [3.05, 3.63) is 80.2 Å². The highest BCUT2D eigenvalue weighted by atomic mass is 35.5. The van der Waals surface area contributed by atoms with Crippen molar-refractivity contribution >= 4 is 40.8 Å². The van der Waals surface area contributed by atoms with Crippen molar-refractivity contribution in [2.45, 2.75) is 13.3 Å². The van der Waals surface area contributed by atoms with Crippen LogP contribution in [0, 0.1) is 6.92 Å². The molecule has 9 heteroatoms. The van der Waals surface area contributed by atoms with Crippen LogP contribution in [0.3, 0.4) is 0 Å². The normalized spacial score (nSPS) is 10.7. The van der Waals surface area contributed by atoms with Gasteiger partial charge < -0.3 is 10.1 Å². The first kappa shape index (κ1) is 21.7. The monoisotopic (exact) mass is 447 g/mol. The molecule has 7 nitrogen and oxygen atoms in total. The van der Waals surface area contributed by atoms with Crippen LogP contribution in [0.2, 0.25) is 10.0 Å². The molecule has 3 aromatic rings. The van der Waals surface area contributed by atoms with E-state index in [1.54, 1.807) is 49.0 Å². The van der Waals surface area contributed by atoms with E-state index >= 15 is 0 Å². The third-order valence-electron chi connectivity index (χ3n) is 4.57. The summed E-state index contributed by atoms with van der Waals surface area (Å²) in [6.45, 7) is 1.17. The molecule has 0 atom stereocenters. The average molecular weight is 448 g/mol. The van der Waals surface area contributed by atoms with Gasteiger partial charge in [0.15, 0.2) is 6.61 Å². The molecule has 30 heavy (non-hydrogen) atoms. The number of carbonyl (C=O) groups is 2. The number of hydrogen-bond donors (Lipinski definition) is 1. The van der Waals surface area contributed by atoms with E-state index in [0.717, 1.165) is 0 Å². The third kappa shape index (κ3) is 4.58. The molecule has 0 spiro atoms. The molecule has 0 bridgehead atoms. The number of aromatic nitrogens is 2. The zero-order valence-corrected chi connectivity index (χ0v) is 17.8. The smallest absolute Gasteiger partial charge is 0.310 e. The summed E-state index contributed by atoms with van der Waals surface area (Å²) in [6.07, 6.45) is -0.170. The summed E-state index contributed by atoms with van der Waals surface area (Å²) in [5.41, 5.74) is 1.39. The minimum atomic E-state index is -0.661. The Labute approximate surface area is 182 Å². The number of halogens is 2. The number of anilines is 1. The number of carbonyl (C=O) groups excluding carboxylic acids is 2. The summed E-state index contributed by atoms with van der Waals surface area (Å²) in [4.78, 5) is 37.1. The summed E-state index contributed by atoms with van der Waals surface area (Å²) in [5.74, 6) is -1.29. The Morgan fingerprint density at radius 1 is 1.03 bits per heavy atom. The van der Waals surface area contributed by atoms with Crippen molar-refractivity contribution in [2.75, 3.05) is 11.9 Å². The SMILES string of the molecule is Cc1c(NC(=O)COC(=O)Cc2c(Cl)cccc2Cl)c(=O)n(-c2ccccc2)n1C. The Morgan fingerprint density at radius 3 is 2.30 bits per heavy atom. The molecule has 1 amide bonds. The molecule has 0 saturated carbocycles. The second-order valence-electron chi connectivity index (χ2n) is 6.52. The molecular formula is C21H19Cl2N3O4. The quantitative estimate of drug-likeness (QED) is 0.586. The first-order valence-corrected chi connectivity index (χ1v) is 9.77. The molecule has 1 heterocycles. The maximum Gasteiger partial charge on any atom is 0.310 e. The van der Waals surface area contributed by atoms with Gasteiger partial charge in [-0.1, -0.05) is 47.5 Å². The second-order valence-corrected chi connectivity index (χ2v) is 7.34. The topological polar surface area (TPSA) is 82.3 Å². The van der Waals surface area contributed by atoms with Crippen LogP contribution in [-0.4, -0.2) is 27.8 Å². The number of nitrogens with zero attached hydrogens (tertiary/aromatic N) is 2. The molecule has 0 aliphatic carbocycles. The molecular weight excluding hydrogens is 429 g/mol. The Kier molecular flexibility index (Phi) is 6.64. The lowest BCUT2D eigenvalue weighted by molar-refractivity contribution is -0.146. The van der Waals surface area contributed by atoms with Crippen molar-refractivity contribution in [1.29, 1.82) is 0 Å². The van der Waals surface area contributed by atoms with E-state index < -0.39 is 18.5 Å². The summed E-state index contributed by atoms with van der Waals surface area (Å²) in [7, 11) is 1.72. The fourth-order valence-electron chi connectivity index (χ4n) is 2.93. The highest BCUT2D eigenvalue weighted by Crippen LogP contribution is 2.24. The van der Waals surface area contributed by atoms with Crippen LogP contribution in [0.4, 0.5) is 5.69 Å². The van der Waals surface area contributed by atoms with Gasteiger partial charge in [-0.25, -0.2) is 4.68 Å². The van der Waals surface area contributed by atoms with Crippen molar-refractivity contribution in [3.63, 3.8) is 0 Å². The van der Waals surface area contributed by atoms with Gasteiger partial charge in [0.2, 0.25) is 0 Å². The van der Waals surface area contributed by atoms with Crippen LogP contribution in [0.15, 0.2) is 53.3 Å². The number of ether oxygens (including phenoxy) is 1. The van der Waals surface area contributed by atoms with E-state index in [-0.39, 0.29) is 17.7 Å². The fourth-order valence-corrected chi connectivity index (χ4v) is 3.46. The molecule has 0 fully saturated rings. The van der Waals surface area contributed by atoms with Crippen LogP contribution < -0.4 is 10.9 Å². The highest BCUT2D eigenvalue weighted by molar-refractivity contribution is 6.36. The Hall–Kier alpha value is -3.03. The number of hydrogen-bond acceptors (Lipinski definition) is 4. The van der Waals surface area contributed by atoms with E-state index in [1.807, 2.05) is 18.2 Å². The number of nitrogens with one attached hydrogen (secondary N) is 1. The van der Waals surface area contributed by atoms with E-state index in [2.05, 4.69) is 5.32 Å². The summed E-state index contributed by atoms with van der Waals surface area (Å²) >= 11 is 12.1. The molecule has 0 aliphatic heterocycles. The van der Waals surface area contributed by atoms with Gasteiger partial charge in [-0.3, -0.25) is 19.1 Å². The molecule has 3 rings (SSSR count). The van der Waals surface area contributed by atoms with Crippen molar-refractivity contribution in [2.24, 2.45) is 7.05 Å². The number of para-hydroxylation sites is 1. The van der Waals surface area contributed by atoms with Gasteiger partial charge in [-0.2, -0.15) is 0 Å². The number of amides is 1. The lowest BCUT2D eigenvalue weighted by atomic mass is 10.1. The maximum atomic E-state index is 12.8. The molecule has 2 aromatic carbocycles. The van der Waals surface area contributed by atoms with Gasteiger partial charge >= 0.3 is 5.97 Å². The highest BCUT2D eigenvalue weighted by Gasteiger charge is 2.19. The van der Waals surface area contributed by atoms with Crippen LogP contribution in [0.5, 0.6) is 0 Å². The minimum Gasteiger partial charge on any atom is -0.455 e. The van der Waals surface area contributed by atoms with E-state index in [4.69, 9.17) is 27.9 Å². The van der Waals surface area contributed by atoms with Gasteiger partial charge in [0.05, 0.1) is 17.8 Å². The van der Waals surface area contributed by atoms with Gasteiger partial charge in [0, 0.05) is 22.7 Å². The van der Waals surface area contributed by atoms with Crippen molar-refractivity contribution in [1.82, 2.24) is 9.36 Å². The predicted molar refractivity (Wildman–Crippen MR) is 116 cm³/mol. The Balaban J connectivity index is 1.67. The second kappa shape index (κ2) is 9.19. The van der Waals surface area contributed by atoms with Crippen LogP contribution in [0.1, 0.15) is 11.3 Å². The standard InChI is InChI=1S/C21H19Cl2N3O4/c1-13-20(21(29)26(25(13)2)14-7-4-3-5-8-14)24-18(27)12-30-19(28)11-15-16(22)9-6-10-17(15)23/h3-10H,11-12H2,1-2H3,(H,24,27). The summed E-state index contributed by atoms with van der Waals surface area (Å²) in [6, 6.07) is 13.9. The van der Waals surface area contributed by atoms with Gasteiger partial charge in [-0.15, -0.1) is 0 Å². The lowest BCUT2D eigenvalue weighted by Crippen LogP contribution is -2.26. The van der Waals surface area contributed by atoms with Gasteiger partial charge in [0.1, 0.15) is 5.69 Å². The van der Waals surface area contributed by atoms with Crippen LogP contribution in [0.25, 0.3) is 5.69 Å². The van der Waals surface area contributed by atoms with Crippen LogP contribution in [-0.2, 0) is 27.8 Å². The maximum absolute atomic E-state index is 12.8. The molecule has 1 N–H and O–H groups in total. The Bertz CT molecular complexity index is 1130. The molecule has 156 valence electrons. The first-order chi connectivity index (χ1) is 14.3. The van der Waals surface area contributed by atoms with E-state index in [0.29, 0.717) is 27.0 Å². The average Bonchev–Trinajstić information content (AvgIpc) is 2.93. The zero-order valence-electron chi connectivity index (χ0n) is 16.3. The van der Waals surface area contributed by atoms with E-state index in [9.17, 15) is 14.4 Å². The predicted octanol–water partition coefficient (Wildman–Crippen LogP) is 3.52. The zero-order chi connectivity index (χ0) is 21.8. The molecule has 0 aliphatic rings. The number of rotatable bonds is 6. The lowest BCUT2D eigenvalue weighted by Gasteiger charge is -2.08. The number of benzene rings is 2.